The molecule has 0 unspecified atom stereocenters. The molecule has 3 rings (SSSR count). The molecule has 1 heterocycles. The normalized spacial score (nSPS) is 13.3. The van der Waals surface area contributed by atoms with Gasteiger partial charge in [0, 0.05) is 26.3 Å². The molecule has 136 valence electrons. The summed E-state index contributed by atoms with van der Waals surface area (Å²) >= 11 is 0. The summed E-state index contributed by atoms with van der Waals surface area (Å²) in [5, 5.41) is 2.84. The fourth-order valence-corrected chi connectivity index (χ4v) is 2.81. The average Bonchev–Trinajstić information content (AvgIpc) is 3.46. The minimum atomic E-state index is -0.496. The standard InChI is InChI=1S/C20H23N3O3/c1-23(13-15-5-3-2-4-6-15)20(26)17-11-16(12-22-19(17)25)18(24)21-10-9-14-7-8-14/h2-6,11-12,14H,7-10,13H2,1H3,(H,21,24)(H,22,25). The Labute approximate surface area is 152 Å². The van der Waals surface area contributed by atoms with Gasteiger partial charge in [-0.15, -0.1) is 0 Å². The molecule has 0 saturated heterocycles. The van der Waals surface area contributed by atoms with Crippen LogP contribution < -0.4 is 10.9 Å². The number of H-pyrrole nitrogens is 1. The molecule has 2 amide bonds. The second kappa shape index (κ2) is 7.99. The molecule has 0 bridgehead atoms. The Morgan fingerprint density at radius 2 is 1.96 bits per heavy atom. The maximum atomic E-state index is 12.6. The molecule has 1 aliphatic carbocycles. The molecular formula is C20H23N3O3. The van der Waals surface area contributed by atoms with Crippen molar-refractivity contribution in [2.45, 2.75) is 25.8 Å². The molecule has 1 aliphatic rings. The summed E-state index contributed by atoms with van der Waals surface area (Å²) < 4.78 is 0. The van der Waals surface area contributed by atoms with E-state index in [0.29, 0.717) is 13.1 Å². The molecule has 1 fully saturated rings. The van der Waals surface area contributed by atoms with Crippen molar-refractivity contribution in [3.05, 3.63) is 69.6 Å². The van der Waals surface area contributed by atoms with Gasteiger partial charge in [0.2, 0.25) is 0 Å². The van der Waals surface area contributed by atoms with Crippen LogP contribution in [0.4, 0.5) is 0 Å². The van der Waals surface area contributed by atoms with E-state index in [9.17, 15) is 14.4 Å². The second-order valence-corrected chi connectivity index (χ2v) is 6.77. The zero-order valence-electron chi connectivity index (χ0n) is 14.8. The van der Waals surface area contributed by atoms with E-state index in [-0.39, 0.29) is 17.0 Å². The molecular weight excluding hydrogens is 330 g/mol. The van der Waals surface area contributed by atoms with Crippen LogP contribution in [0, 0.1) is 5.92 Å². The first kappa shape index (κ1) is 17.9. The lowest BCUT2D eigenvalue weighted by Crippen LogP contribution is -2.32. The third-order valence-corrected chi connectivity index (χ3v) is 4.54. The highest BCUT2D eigenvalue weighted by atomic mass is 16.2. The number of hydrogen-bond donors (Lipinski definition) is 2. The Morgan fingerprint density at radius 1 is 1.23 bits per heavy atom. The molecule has 1 aromatic heterocycles. The van der Waals surface area contributed by atoms with Crippen LogP contribution in [0.2, 0.25) is 0 Å². The Balaban J connectivity index is 1.68. The second-order valence-electron chi connectivity index (χ2n) is 6.77. The molecule has 0 atom stereocenters. The maximum absolute atomic E-state index is 12.6. The first-order valence-corrected chi connectivity index (χ1v) is 8.85. The first-order valence-electron chi connectivity index (χ1n) is 8.85. The van der Waals surface area contributed by atoms with Gasteiger partial charge in [-0.2, -0.15) is 0 Å². The van der Waals surface area contributed by atoms with E-state index in [4.69, 9.17) is 0 Å². The zero-order chi connectivity index (χ0) is 18.5. The molecule has 0 aliphatic heterocycles. The number of aromatic amines is 1. The summed E-state index contributed by atoms with van der Waals surface area (Å²) in [6, 6.07) is 10.9. The number of hydrogen-bond acceptors (Lipinski definition) is 3. The lowest BCUT2D eigenvalue weighted by atomic mass is 10.1. The predicted molar refractivity (Wildman–Crippen MR) is 99.0 cm³/mol. The van der Waals surface area contributed by atoms with Crippen LogP contribution in [0.1, 0.15) is 45.5 Å². The van der Waals surface area contributed by atoms with Gasteiger partial charge in [-0.05, 0) is 24.0 Å². The van der Waals surface area contributed by atoms with Crippen LogP contribution in [-0.2, 0) is 6.54 Å². The van der Waals surface area contributed by atoms with Gasteiger partial charge in [-0.3, -0.25) is 14.4 Å². The number of pyridine rings is 1. The molecule has 0 spiro atoms. The average molecular weight is 353 g/mol. The number of nitrogens with zero attached hydrogens (tertiary/aromatic N) is 1. The highest BCUT2D eigenvalue weighted by Crippen LogP contribution is 2.31. The van der Waals surface area contributed by atoms with Crippen molar-refractivity contribution in [1.29, 1.82) is 0 Å². The maximum Gasteiger partial charge on any atom is 0.260 e. The molecule has 1 aromatic carbocycles. The molecule has 1 saturated carbocycles. The van der Waals surface area contributed by atoms with E-state index in [0.717, 1.165) is 17.9 Å². The van der Waals surface area contributed by atoms with E-state index < -0.39 is 11.5 Å². The summed E-state index contributed by atoms with van der Waals surface area (Å²) in [5.41, 5.74) is 0.730. The van der Waals surface area contributed by atoms with E-state index >= 15 is 0 Å². The van der Waals surface area contributed by atoms with Gasteiger partial charge in [0.25, 0.3) is 17.4 Å². The van der Waals surface area contributed by atoms with Crippen molar-refractivity contribution >= 4 is 11.8 Å². The van der Waals surface area contributed by atoms with Crippen molar-refractivity contribution in [2.75, 3.05) is 13.6 Å². The Bertz CT molecular complexity index is 841. The van der Waals surface area contributed by atoms with Crippen LogP contribution >= 0.6 is 0 Å². The monoisotopic (exact) mass is 353 g/mol. The number of rotatable bonds is 7. The fourth-order valence-electron chi connectivity index (χ4n) is 2.81. The summed E-state index contributed by atoms with van der Waals surface area (Å²) in [5.74, 6) is 0.0408. The smallest absolute Gasteiger partial charge is 0.260 e. The summed E-state index contributed by atoms with van der Waals surface area (Å²) in [4.78, 5) is 40.9. The van der Waals surface area contributed by atoms with Gasteiger partial charge in [0.15, 0.2) is 0 Å². The van der Waals surface area contributed by atoms with Gasteiger partial charge in [-0.1, -0.05) is 43.2 Å². The number of benzene rings is 1. The highest BCUT2D eigenvalue weighted by Gasteiger charge is 2.21. The van der Waals surface area contributed by atoms with Crippen LogP contribution in [0.15, 0.2) is 47.4 Å². The molecule has 2 N–H and O–H groups in total. The topological polar surface area (TPSA) is 82.3 Å². The molecule has 6 nitrogen and oxygen atoms in total. The number of carbonyl (C=O) groups is 2. The SMILES string of the molecule is CN(Cc1ccccc1)C(=O)c1cc(C(=O)NCCC2CC2)c[nH]c1=O. The minimum absolute atomic E-state index is 0.0294. The molecule has 6 heteroatoms. The number of amides is 2. The Kier molecular flexibility index (Phi) is 5.51. The molecule has 26 heavy (non-hydrogen) atoms. The molecule has 2 aromatic rings. The quantitative estimate of drug-likeness (QED) is 0.800. The van der Waals surface area contributed by atoms with Gasteiger partial charge < -0.3 is 15.2 Å². The van der Waals surface area contributed by atoms with E-state index in [1.807, 2.05) is 30.3 Å². The number of aromatic nitrogens is 1. The lowest BCUT2D eigenvalue weighted by Gasteiger charge is -2.17. The molecule has 0 radical (unpaired) electrons. The van der Waals surface area contributed by atoms with Gasteiger partial charge >= 0.3 is 0 Å². The zero-order valence-corrected chi connectivity index (χ0v) is 14.8. The van der Waals surface area contributed by atoms with E-state index in [2.05, 4.69) is 10.3 Å². The lowest BCUT2D eigenvalue weighted by molar-refractivity contribution is 0.0783. The van der Waals surface area contributed by atoms with E-state index in [1.165, 1.54) is 30.0 Å². The van der Waals surface area contributed by atoms with Crippen LogP contribution in [-0.4, -0.2) is 35.3 Å². The number of nitrogens with one attached hydrogen (secondary N) is 2. The summed E-state index contributed by atoms with van der Waals surface area (Å²) in [6.45, 7) is 0.997. The predicted octanol–water partition coefficient (Wildman–Crippen LogP) is 2.18. The van der Waals surface area contributed by atoms with E-state index in [1.54, 1.807) is 7.05 Å². The third kappa shape index (κ3) is 4.59. The van der Waals surface area contributed by atoms with Crippen molar-refractivity contribution in [3.63, 3.8) is 0 Å². The van der Waals surface area contributed by atoms with Crippen molar-refractivity contribution in [1.82, 2.24) is 15.2 Å². The Morgan fingerprint density at radius 3 is 2.65 bits per heavy atom. The highest BCUT2D eigenvalue weighted by molar-refractivity contribution is 5.99. The number of carbonyl (C=O) groups excluding carboxylic acids is 2. The van der Waals surface area contributed by atoms with Gasteiger partial charge in [-0.25, -0.2) is 0 Å². The van der Waals surface area contributed by atoms with Crippen molar-refractivity contribution < 1.29 is 9.59 Å². The summed E-state index contributed by atoms with van der Waals surface area (Å²) in [7, 11) is 1.64. The van der Waals surface area contributed by atoms with Crippen LogP contribution in [0.3, 0.4) is 0 Å². The largest absolute Gasteiger partial charge is 0.352 e. The van der Waals surface area contributed by atoms with Gasteiger partial charge in [0.05, 0.1) is 5.56 Å². The first-order chi connectivity index (χ1) is 12.5. The van der Waals surface area contributed by atoms with Gasteiger partial charge in [0.1, 0.15) is 5.56 Å². The summed E-state index contributed by atoms with van der Waals surface area (Å²) in [6.07, 6.45) is 4.80. The van der Waals surface area contributed by atoms with Crippen LogP contribution in [0.5, 0.6) is 0 Å². The van der Waals surface area contributed by atoms with Crippen molar-refractivity contribution in [3.8, 4) is 0 Å². The van der Waals surface area contributed by atoms with Crippen molar-refractivity contribution in [2.24, 2.45) is 5.92 Å². The van der Waals surface area contributed by atoms with Crippen LogP contribution in [0.25, 0.3) is 0 Å². The minimum Gasteiger partial charge on any atom is -0.352 e. The fraction of sp³-hybridized carbons (Fsp3) is 0.350. The third-order valence-electron chi connectivity index (χ3n) is 4.54. The Hall–Kier alpha value is -2.89.